The van der Waals surface area contributed by atoms with Crippen molar-refractivity contribution in [3.05, 3.63) is 60.0 Å². The van der Waals surface area contributed by atoms with Crippen molar-refractivity contribution in [1.29, 1.82) is 0 Å². The number of benzene rings is 2. The number of hydrogen-bond acceptors (Lipinski definition) is 8. The van der Waals surface area contributed by atoms with Gasteiger partial charge in [-0.2, -0.15) is 0 Å². The maximum Gasteiger partial charge on any atom is 0.409 e. The van der Waals surface area contributed by atoms with E-state index in [4.69, 9.17) is 19.7 Å². The van der Waals surface area contributed by atoms with Crippen LogP contribution in [0.5, 0.6) is 0 Å². The number of para-hydroxylation sites is 2. The quantitative estimate of drug-likeness (QED) is 0.459. The second kappa shape index (κ2) is 9.41. The predicted octanol–water partition coefficient (Wildman–Crippen LogP) is 4.78. The molecule has 0 atom stereocenters. The first-order valence-corrected chi connectivity index (χ1v) is 11.8. The van der Waals surface area contributed by atoms with Gasteiger partial charge in [0.1, 0.15) is 0 Å². The van der Waals surface area contributed by atoms with Crippen LogP contribution in [0.1, 0.15) is 6.92 Å². The highest BCUT2D eigenvalue weighted by Gasteiger charge is 2.25. The smallest absolute Gasteiger partial charge is 0.409 e. The lowest BCUT2D eigenvalue weighted by Gasteiger charge is -2.35. The lowest BCUT2D eigenvalue weighted by molar-refractivity contribution is 0.105. The third-order valence-electron chi connectivity index (χ3n) is 5.46. The Morgan fingerprint density at radius 3 is 2.39 bits per heavy atom. The van der Waals surface area contributed by atoms with Gasteiger partial charge in [0.25, 0.3) is 0 Å². The first kappa shape index (κ1) is 21.1. The third-order valence-corrected chi connectivity index (χ3v) is 6.21. The Kier molecular flexibility index (Phi) is 6.03. The summed E-state index contributed by atoms with van der Waals surface area (Å²) < 4.78 is 5.14. The number of anilines is 3. The van der Waals surface area contributed by atoms with Crippen LogP contribution in [-0.2, 0) is 4.74 Å². The molecule has 2 aromatic heterocycles. The highest BCUT2D eigenvalue weighted by molar-refractivity contribution is 7.14. The van der Waals surface area contributed by atoms with Crippen LogP contribution in [0.15, 0.2) is 60.0 Å². The molecule has 5 rings (SSSR count). The molecule has 4 aromatic rings. The van der Waals surface area contributed by atoms with Gasteiger partial charge in [-0.25, -0.2) is 19.7 Å². The normalized spacial score (nSPS) is 13.8. The fourth-order valence-electron chi connectivity index (χ4n) is 3.78. The number of fused-ring (bicyclic) bond motifs is 1. The molecule has 3 heterocycles. The van der Waals surface area contributed by atoms with E-state index < -0.39 is 0 Å². The van der Waals surface area contributed by atoms with Gasteiger partial charge in [0.05, 0.1) is 23.3 Å². The molecule has 9 heteroatoms. The average Bonchev–Trinajstić information content (AvgIpc) is 3.33. The van der Waals surface area contributed by atoms with Crippen LogP contribution in [0, 0.1) is 0 Å². The number of nitrogens with one attached hydrogen (secondary N) is 1. The summed E-state index contributed by atoms with van der Waals surface area (Å²) in [6.07, 6.45) is -0.267. The zero-order valence-electron chi connectivity index (χ0n) is 18.3. The van der Waals surface area contributed by atoms with E-state index in [0.29, 0.717) is 38.6 Å². The van der Waals surface area contributed by atoms with Crippen LogP contribution >= 0.6 is 11.3 Å². The Hall–Kier alpha value is -3.72. The van der Waals surface area contributed by atoms with Crippen molar-refractivity contribution in [2.45, 2.75) is 6.92 Å². The minimum absolute atomic E-state index is 0.267. The standard InChI is InChI=1S/C24H24N6O2S/c1-2-32-24(31)30-14-12-29(13-15-30)22-21(25-18-10-6-7-11-19(18)26-22)28-23-27-20(16-33-23)17-8-4-3-5-9-17/h3-11,16H,2,12-15H2,1H3,(H,25,27,28). The largest absolute Gasteiger partial charge is 0.450 e. The van der Waals surface area contributed by atoms with Gasteiger partial charge in [-0.1, -0.05) is 42.5 Å². The summed E-state index contributed by atoms with van der Waals surface area (Å²) in [5.74, 6) is 1.42. The topological polar surface area (TPSA) is 83.5 Å². The van der Waals surface area contributed by atoms with Crippen LogP contribution in [0.2, 0.25) is 0 Å². The molecule has 1 aliphatic rings. The average molecular weight is 461 g/mol. The Morgan fingerprint density at radius 1 is 0.970 bits per heavy atom. The maximum absolute atomic E-state index is 12.1. The molecule has 1 amide bonds. The van der Waals surface area contributed by atoms with E-state index in [1.54, 1.807) is 4.90 Å². The minimum atomic E-state index is -0.267. The van der Waals surface area contributed by atoms with Gasteiger partial charge in [0.15, 0.2) is 16.8 Å². The van der Waals surface area contributed by atoms with E-state index in [2.05, 4.69) is 10.2 Å². The number of carbonyl (C=O) groups excluding carboxylic acids is 1. The zero-order chi connectivity index (χ0) is 22.6. The molecule has 0 aliphatic carbocycles. The molecule has 0 unspecified atom stereocenters. The summed E-state index contributed by atoms with van der Waals surface area (Å²) >= 11 is 1.53. The van der Waals surface area contributed by atoms with Gasteiger partial charge in [-0.3, -0.25) is 0 Å². The molecular weight excluding hydrogens is 436 g/mol. The van der Waals surface area contributed by atoms with E-state index in [1.807, 2.05) is 66.9 Å². The summed E-state index contributed by atoms with van der Waals surface area (Å²) in [5, 5.41) is 6.18. The molecule has 0 spiro atoms. The van der Waals surface area contributed by atoms with Crippen molar-refractivity contribution in [3.63, 3.8) is 0 Å². The number of carbonyl (C=O) groups is 1. The SMILES string of the molecule is CCOC(=O)N1CCN(c2nc3ccccc3nc2Nc2nc(-c3ccccc3)cs2)CC1. The number of thiazole rings is 1. The first-order chi connectivity index (χ1) is 16.2. The van der Waals surface area contributed by atoms with E-state index >= 15 is 0 Å². The van der Waals surface area contributed by atoms with Crippen molar-refractivity contribution in [1.82, 2.24) is 19.9 Å². The fourth-order valence-corrected chi connectivity index (χ4v) is 4.50. The molecule has 1 aliphatic heterocycles. The van der Waals surface area contributed by atoms with Crippen LogP contribution in [0.25, 0.3) is 22.3 Å². The molecular formula is C24H24N6O2S. The van der Waals surface area contributed by atoms with Crippen molar-refractivity contribution in [2.24, 2.45) is 0 Å². The fraction of sp³-hybridized carbons (Fsp3) is 0.250. The second-order valence-corrected chi connectivity index (χ2v) is 8.44. The van der Waals surface area contributed by atoms with Crippen molar-refractivity contribution < 1.29 is 9.53 Å². The van der Waals surface area contributed by atoms with Crippen molar-refractivity contribution in [3.8, 4) is 11.3 Å². The van der Waals surface area contributed by atoms with E-state index in [9.17, 15) is 4.79 Å². The zero-order valence-corrected chi connectivity index (χ0v) is 19.1. The number of piperazine rings is 1. The van der Waals surface area contributed by atoms with E-state index in [0.717, 1.165) is 33.2 Å². The molecule has 2 aromatic carbocycles. The lowest BCUT2D eigenvalue weighted by Crippen LogP contribution is -2.49. The molecule has 0 radical (unpaired) electrons. The molecule has 8 nitrogen and oxygen atoms in total. The lowest BCUT2D eigenvalue weighted by atomic mass is 10.2. The molecule has 1 N–H and O–H groups in total. The molecule has 33 heavy (non-hydrogen) atoms. The third kappa shape index (κ3) is 4.58. The van der Waals surface area contributed by atoms with E-state index in [-0.39, 0.29) is 6.09 Å². The Morgan fingerprint density at radius 2 is 1.67 bits per heavy atom. The van der Waals surface area contributed by atoms with Gasteiger partial charge in [0, 0.05) is 37.1 Å². The maximum atomic E-state index is 12.1. The number of aromatic nitrogens is 3. The molecule has 1 saturated heterocycles. The van der Waals surface area contributed by atoms with Crippen LogP contribution in [0.3, 0.4) is 0 Å². The highest BCUT2D eigenvalue weighted by atomic mass is 32.1. The Labute approximate surface area is 195 Å². The number of hydrogen-bond donors (Lipinski definition) is 1. The molecule has 1 fully saturated rings. The number of amides is 1. The minimum Gasteiger partial charge on any atom is -0.450 e. The molecule has 168 valence electrons. The van der Waals surface area contributed by atoms with Crippen LogP contribution in [0.4, 0.5) is 21.6 Å². The summed E-state index contributed by atoms with van der Waals surface area (Å²) in [4.78, 5) is 30.5. The van der Waals surface area contributed by atoms with E-state index in [1.165, 1.54) is 11.3 Å². The number of ether oxygens (including phenoxy) is 1. The van der Waals surface area contributed by atoms with Gasteiger partial charge in [0.2, 0.25) is 0 Å². The van der Waals surface area contributed by atoms with Crippen molar-refractivity contribution >= 4 is 45.2 Å². The Bertz CT molecular complexity index is 1250. The monoisotopic (exact) mass is 460 g/mol. The van der Waals surface area contributed by atoms with Gasteiger partial charge >= 0.3 is 6.09 Å². The first-order valence-electron chi connectivity index (χ1n) is 10.9. The summed E-state index contributed by atoms with van der Waals surface area (Å²) in [6.45, 7) is 4.63. The molecule has 0 saturated carbocycles. The van der Waals surface area contributed by atoms with Gasteiger partial charge in [-0.15, -0.1) is 11.3 Å². The number of nitrogens with zero attached hydrogens (tertiary/aromatic N) is 5. The van der Waals surface area contributed by atoms with Crippen LogP contribution < -0.4 is 10.2 Å². The molecule has 0 bridgehead atoms. The van der Waals surface area contributed by atoms with Crippen molar-refractivity contribution in [2.75, 3.05) is 43.0 Å². The Balaban J connectivity index is 1.42. The summed E-state index contributed by atoms with van der Waals surface area (Å²) in [6, 6.07) is 17.9. The highest BCUT2D eigenvalue weighted by Crippen LogP contribution is 2.31. The predicted molar refractivity (Wildman–Crippen MR) is 131 cm³/mol. The second-order valence-electron chi connectivity index (χ2n) is 7.59. The summed E-state index contributed by atoms with van der Waals surface area (Å²) in [7, 11) is 0. The number of rotatable bonds is 5. The van der Waals surface area contributed by atoms with Crippen LogP contribution in [-0.4, -0.2) is 58.7 Å². The summed E-state index contributed by atoms with van der Waals surface area (Å²) in [5.41, 5.74) is 3.63. The van der Waals surface area contributed by atoms with Gasteiger partial charge in [-0.05, 0) is 19.1 Å². The van der Waals surface area contributed by atoms with Gasteiger partial charge < -0.3 is 19.9 Å².